The van der Waals surface area contributed by atoms with Gasteiger partial charge in [-0.1, -0.05) is 48.5 Å². The molecule has 0 radical (unpaired) electrons. The van der Waals surface area contributed by atoms with Crippen molar-refractivity contribution in [2.24, 2.45) is 0 Å². The lowest BCUT2D eigenvalue weighted by atomic mass is 9.92. The van der Waals surface area contributed by atoms with Gasteiger partial charge in [0.1, 0.15) is 0 Å². The summed E-state index contributed by atoms with van der Waals surface area (Å²) in [5.41, 5.74) is 4.56. The quantitative estimate of drug-likeness (QED) is 0.845. The Balaban J connectivity index is 2.49. The second-order valence-corrected chi connectivity index (χ2v) is 4.26. The minimum atomic E-state index is 0.127. The Bertz CT molecular complexity index is 492. The Morgan fingerprint density at radius 3 is 2.11 bits per heavy atom. The number of aliphatic hydroxyl groups excluding tert-OH is 2. The van der Waals surface area contributed by atoms with Crippen LogP contribution >= 0.6 is 0 Å². The molecule has 0 unspecified atom stereocenters. The summed E-state index contributed by atoms with van der Waals surface area (Å²) >= 11 is 0. The highest BCUT2D eigenvalue weighted by molar-refractivity contribution is 5.68. The molecule has 94 valence electrons. The van der Waals surface area contributed by atoms with Crippen molar-refractivity contribution in [1.82, 2.24) is 0 Å². The normalized spacial score (nSPS) is 10.6. The Labute approximate surface area is 108 Å². The van der Waals surface area contributed by atoms with Gasteiger partial charge in [0, 0.05) is 13.2 Å². The largest absolute Gasteiger partial charge is 0.396 e. The van der Waals surface area contributed by atoms with Crippen molar-refractivity contribution < 1.29 is 10.2 Å². The average molecular weight is 242 g/mol. The summed E-state index contributed by atoms with van der Waals surface area (Å²) in [5.74, 6) is 0. The van der Waals surface area contributed by atoms with Gasteiger partial charge in [-0.15, -0.1) is 0 Å². The van der Waals surface area contributed by atoms with Crippen molar-refractivity contribution in [2.45, 2.75) is 12.8 Å². The number of hydrogen-bond acceptors (Lipinski definition) is 2. The maximum absolute atomic E-state index is 9.22. The van der Waals surface area contributed by atoms with E-state index in [0.717, 1.165) is 22.3 Å². The molecule has 0 bridgehead atoms. The molecule has 0 amide bonds. The summed E-state index contributed by atoms with van der Waals surface area (Å²) in [5, 5.41) is 18.3. The van der Waals surface area contributed by atoms with Crippen LogP contribution in [-0.2, 0) is 12.8 Å². The van der Waals surface area contributed by atoms with Crippen molar-refractivity contribution in [3.05, 3.63) is 59.7 Å². The van der Waals surface area contributed by atoms with Gasteiger partial charge in [-0.05, 0) is 35.1 Å². The van der Waals surface area contributed by atoms with Crippen molar-refractivity contribution in [3.8, 4) is 11.1 Å². The van der Waals surface area contributed by atoms with Gasteiger partial charge in [-0.2, -0.15) is 0 Å². The molecule has 0 spiro atoms. The molecule has 0 saturated heterocycles. The van der Waals surface area contributed by atoms with Crippen LogP contribution < -0.4 is 0 Å². The monoisotopic (exact) mass is 242 g/mol. The number of rotatable bonds is 5. The molecule has 0 atom stereocenters. The van der Waals surface area contributed by atoms with Crippen LogP contribution in [0.1, 0.15) is 11.1 Å². The number of hydrogen-bond donors (Lipinski definition) is 2. The lowest BCUT2D eigenvalue weighted by Gasteiger charge is -2.14. The minimum absolute atomic E-state index is 0.127. The van der Waals surface area contributed by atoms with E-state index in [2.05, 4.69) is 18.2 Å². The topological polar surface area (TPSA) is 40.5 Å². The van der Waals surface area contributed by atoms with E-state index in [1.807, 2.05) is 30.3 Å². The van der Waals surface area contributed by atoms with Crippen LogP contribution in [0.5, 0.6) is 0 Å². The van der Waals surface area contributed by atoms with E-state index in [-0.39, 0.29) is 13.2 Å². The van der Waals surface area contributed by atoms with Crippen LogP contribution in [0.15, 0.2) is 48.5 Å². The summed E-state index contributed by atoms with van der Waals surface area (Å²) in [7, 11) is 0. The second kappa shape index (κ2) is 6.34. The fraction of sp³-hybridized carbons (Fsp3) is 0.250. The van der Waals surface area contributed by atoms with E-state index in [0.29, 0.717) is 12.8 Å². The van der Waals surface area contributed by atoms with Gasteiger partial charge >= 0.3 is 0 Å². The molecule has 2 heteroatoms. The van der Waals surface area contributed by atoms with Gasteiger partial charge in [-0.25, -0.2) is 0 Å². The molecule has 0 saturated carbocycles. The van der Waals surface area contributed by atoms with Crippen LogP contribution in [0.3, 0.4) is 0 Å². The summed E-state index contributed by atoms with van der Waals surface area (Å²) in [4.78, 5) is 0. The molecule has 18 heavy (non-hydrogen) atoms. The molecule has 0 aliphatic heterocycles. The Hall–Kier alpha value is -1.64. The fourth-order valence-corrected chi connectivity index (χ4v) is 2.28. The maximum Gasteiger partial charge on any atom is 0.0471 e. The first-order chi connectivity index (χ1) is 8.86. The lowest BCUT2D eigenvalue weighted by Crippen LogP contribution is -2.02. The van der Waals surface area contributed by atoms with Gasteiger partial charge in [0.2, 0.25) is 0 Å². The molecular formula is C16H18O2. The first kappa shape index (κ1) is 12.8. The molecule has 0 aliphatic carbocycles. The molecule has 0 heterocycles. The third-order valence-electron chi connectivity index (χ3n) is 3.10. The van der Waals surface area contributed by atoms with Gasteiger partial charge in [0.25, 0.3) is 0 Å². The molecule has 2 aromatic rings. The van der Waals surface area contributed by atoms with Gasteiger partial charge in [0.05, 0.1) is 0 Å². The van der Waals surface area contributed by atoms with Crippen LogP contribution in [-0.4, -0.2) is 23.4 Å². The zero-order valence-electron chi connectivity index (χ0n) is 10.3. The predicted octanol–water partition coefficient (Wildman–Crippen LogP) is 2.42. The minimum Gasteiger partial charge on any atom is -0.396 e. The molecule has 2 rings (SSSR count). The molecular weight excluding hydrogens is 224 g/mol. The highest BCUT2D eigenvalue weighted by Gasteiger charge is 2.09. The van der Waals surface area contributed by atoms with Crippen LogP contribution in [0, 0.1) is 0 Å². The van der Waals surface area contributed by atoms with Crippen molar-refractivity contribution in [3.63, 3.8) is 0 Å². The third kappa shape index (κ3) is 2.78. The van der Waals surface area contributed by atoms with E-state index in [4.69, 9.17) is 5.11 Å². The molecule has 0 aliphatic rings. The van der Waals surface area contributed by atoms with Gasteiger partial charge < -0.3 is 10.2 Å². The van der Waals surface area contributed by atoms with E-state index >= 15 is 0 Å². The van der Waals surface area contributed by atoms with E-state index in [9.17, 15) is 5.11 Å². The van der Waals surface area contributed by atoms with Crippen molar-refractivity contribution in [2.75, 3.05) is 13.2 Å². The summed E-state index contributed by atoms with van der Waals surface area (Å²) in [6.45, 7) is 0.263. The Kier molecular flexibility index (Phi) is 4.51. The first-order valence-corrected chi connectivity index (χ1v) is 6.24. The van der Waals surface area contributed by atoms with Crippen molar-refractivity contribution >= 4 is 0 Å². The lowest BCUT2D eigenvalue weighted by molar-refractivity contribution is 0.293. The van der Waals surface area contributed by atoms with Gasteiger partial charge in [0.15, 0.2) is 0 Å². The summed E-state index contributed by atoms with van der Waals surface area (Å²) < 4.78 is 0. The zero-order chi connectivity index (χ0) is 12.8. The Morgan fingerprint density at radius 2 is 1.44 bits per heavy atom. The van der Waals surface area contributed by atoms with E-state index in [1.54, 1.807) is 0 Å². The van der Waals surface area contributed by atoms with Gasteiger partial charge in [-0.3, -0.25) is 0 Å². The van der Waals surface area contributed by atoms with E-state index in [1.165, 1.54) is 0 Å². The van der Waals surface area contributed by atoms with Crippen molar-refractivity contribution in [1.29, 1.82) is 0 Å². The maximum atomic E-state index is 9.22. The summed E-state index contributed by atoms with van der Waals surface area (Å²) in [6, 6.07) is 16.3. The second-order valence-electron chi connectivity index (χ2n) is 4.26. The van der Waals surface area contributed by atoms with Crippen LogP contribution in [0.25, 0.3) is 11.1 Å². The summed E-state index contributed by atoms with van der Waals surface area (Å²) in [6.07, 6.45) is 1.26. The molecule has 0 fully saturated rings. The standard InChI is InChI=1S/C16H18O2/c17-11-9-14-7-4-8-15(16(14)10-12-18)13-5-2-1-3-6-13/h1-8,17-18H,9-12H2. The first-order valence-electron chi connectivity index (χ1n) is 6.24. The highest BCUT2D eigenvalue weighted by atomic mass is 16.3. The van der Waals surface area contributed by atoms with E-state index < -0.39 is 0 Å². The molecule has 2 nitrogen and oxygen atoms in total. The SMILES string of the molecule is OCCc1cccc(-c2ccccc2)c1CCO. The predicted molar refractivity (Wildman–Crippen MR) is 73.5 cm³/mol. The molecule has 2 N–H and O–H groups in total. The smallest absolute Gasteiger partial charge is 0.0471 e. The van der Waals surface area contributed by atoms with Crippen LogP contribution in [0.2, 0.25) is 0 Å². The Morgan fingerprint density at radius 1 is 0.722 bits per heavy atom. The fourth-order valence-electron chi connectivity index (χ4n) is 2.28. The third-order valence-corrected chi connectivity index (χ3v) is 3.10. The number of benzene rings is 2. The molecule has 0 aromatic heterocycles. The molecule has 2 aromatic carbocycles. The highest BCUT2D eigenvalue weighted by Crippen LogP contribution is 2.27. The average Bonchev–Trinajstić information content (AvgIpc) is 2.42. The zero-order valence-corrected chi connectivity index (χ0v) is 10.3. The number of aliphatic hydroxyl groups is 2. The van der Waals surface area contributed by atoms with Crippen LogP contribution in [0.4, 0.5) is 0 Å².